The number of allylic oxidation sites excluding steroid dienone is 3. The Labute approximate surface area is 67.2 Å². The second kappa shape index (κ2) is 4.94. The Morgan fingerprint density at radius 1 is 1.45 bits per heavy atom. The van der Waals surface area contributed by atoms with Crippen molar-refractivity contribution in [1.82, 2.24) is 0 Å². The van der Waals surface area contributed by atoms with E-state index in [2.05, 4.69) is 0 Å². The van der Waals surface area contributed by atoms with Crippen LogP contribution in [-0.4, -0.2) is 5.11 Å². The second-order valence-electron chi connectivity index (χ2n) is 2.36. The molecule has 2 heteroatoms. The SMILES string of the molecule is CC/C=C(O)\C(CC)=C(/C)F. The highest BCUT2D eigenvalue weighted by atomic mass is 19.1. The third kappa shape index (κ3) is 3.21. The van der Waals surface area contributed by atoms with E-state index in [9.17, 15) is 9.50 Å². The monoisotopic (exact) mass is 158 g/mol. The molecule has 1 nitrogen and oxygen atoms in total. The van der Waals surface area contributed by atoms with Crippen molar-refractivity contribution in [2.24, 2.45) is 0 Å². The Morgan fingerprint density at radius 2 is 2.00 bits per heavy atom. The van der Waals surface area contributed by atoms with Crippen LogP contribution in [0.1, 0.15) is 33.6 Å². The van der Waals surface area contributed by atoms with Crippen LogP contribution in [0.15, 0.2) is 23.2 Å². The number of hydrogen-bond acceptors (Lipinski definition) is 1. The lowest BCUT2D eigenvalue weighted by atomic mass is 10.1. The molecule has 64 valence electrons. The van der Waals surface area contributed by atoms with Gasteiger partial charge in [-0.3, -0.25) is 0 Å². The van der Waals surface area contributed by atoms with Crippen molar-refractivity contribution < 1.29 is 9.50 Å². The lowest BCUT2D eigenvalue weighted by Crippen LogP contribution is -1.89. The lowest BCUT2D eigenvalue weighted by molar-refractivity contribution is 0.411. The maximum Gasteiger partial charge on any atom is 0.117 e. The topological polar surface area (TPSA) is 20.2 Å². The van der Waals surface area contributed by atoms with Crippen LogP contribution in [0.3, 0.4) is 0 Å². The van der Waals surface area contributed by atoms with Crippen LogP contribution in [0.4, 0.5) is 4.39 Å². The number of halogens is 1. The fraction of sp³-hybridized carbons (Fsp3) is 0.556. The van der Waals surface area contributed by atoms with Crippen molar-refractivity contribution in [1.29, 1.82) is 0 Å². The minimum absolute atomic E-state index is 0.0787. The van der Waals surface area contributed by atoms with E-state index in [1.807, 2.05) is 13.8 Å². The van der Waals surface area contributed by atoms with Gasteiger partial charge in [-0.25, -0.2) is 4.39 Å². The Hall–Kier alpha value is -0.790. The van der Waals surface area contributed by atoms with Crippen LogP contribution >= 0.6 is 0 Å². The molecule has 0 unspecified atom stereocenters. The molecule has 0 heterocycles. The van der Waals surface area contributed by atoms with Crippen LogP contribution in [0, 0.1) is 0 Å². The predicted molar refractivity (Wildman–Crippen MR) is 45.1 cm³/mol. The smallest absolute Gasteiger partial charge is 0.117 e. The summed E-state index contributed by atoms with van der Waals surface area (Å²) in [5.41, 5.74) is 0.409. The molecule has 0 aliphatic heterocycles. The predicted octanol–water partition coefficient (Wildman–Crippen LogP) is 3.49. The number of aliphatic hydroxyl groups is 1. The van der Waals surface area contributed by atoms with Gasteiger partial charge >= 0.3 is 0 Å². The van der Waals surface area contributed by atoms with Gasteiger partial charge in [0.25, 0.3) is 0 Å². The zero-order valence-electron chi connectivity index (χ0n) is 7.32. The van der Waals surface area contributed by atoms with Gasteiger partial charge in [-0.15, -0.1) is 0 Å². The molecule has 0 fully saturated rings. The van der Waals surface area contributed by atoms with Crippen molar-refractivity contribution in [3.05, 3.63) is 23.2 Å². The summed E-state index contributed by atoms with van der Waals surface area (Å²) in [5.74, 6) is -0.218. The quantitative estimate of drug-likeness (QED) is 0.492. The zero-order chi connectivity index (χ0) is 8.85. The molecule has 0 radical (unpaired) electrons. The van der Waals surface area contributed by atoms with Gasteiger partial charge in [0.15, 0.2) is 0 Å². The molecular formula is C9H15FO. The van der Waals surface area contributed by atoms with Crippen molar-refractivity contribution in [3.63, 3.8) is 0 Å². The Bertz CT molecular complexity index is 176. The fourth-order valence-electron chi connectivity index (χ4n) is 0.918. The minimum atomic E-state index is -0.297. The van der Waals surface area contributed by atoms with Gasteiger partial charge in [-0.05, 0) is 25.8 Å². The first-order chi connectivity index (χ1) is 5.13. The molecule has 1 N–H and O–H groups in total. The summed E-state index contributed by atoms with van der Waals surface area (Å²) in [6, 6.07) is 0. The molecule has 0 atom stereocenters. The Balaban J connectivity index is 4.53. The summed E-state index contributed by atoms with van der Waals surface area (Å²) in [6.45, 7) is 5.08. The van der Waals surface area contributed by atoms with Gasteiger partial charge in [-0.1, -0.05) is 13.8 Å². The Morgan fingerprint density at radius 3 is 2.27 bits per heavy atom. The average Bonchev–Trinajstić information content (AvgIpc) is 1.88. The highest BCUT2D eigenvalue weighted by molar-refractivity contribution is 5.26. The first-order valence-electron chi connectivity index (χ1n) is 3.88. The van der Waals surface area contributed by atoms with Gasteiger partial charge in [0, 0.05) is 5.57 Å². The number of hydrogen-bond donors (Lipinski definition) is 1. The van der Waals surface area contributed by atoms with E-state index >= 15 is 0 Å². The maximum atomic E-state index is 12.6. The first kappa shape index (κ1) is 10.2. The van der Waals surface area contributed by atoms with Gasteiger partial charge in [-0.2, -0.15) is 0 Å². The van der Waals surface area contributed by atoms with E-state index in [1.165, 1.54) is 6.92 Å². The highest BCUT2D eigenvalue weighted by Gasteiger charge is 2.03. The van der Waals surface area contributed by atoms with Crippen molar-refractivity contribution >= 4 is 0 Å². The van der Waals surface area contributed by atoms with Gasteiger partial charge in [0.2, 0.25) is 0 Å². The van der Waals surface area contributed by atoms with Gasteiger partial charge in [0.1, 0.15) is 11.6 Å². The molecule has 11 heavy (non-hydrogen) atoms. The van der Waals surface area contributed by atoms with Crippen LogP contribution in [0.2, 0.25) is 0 Å². The van der Waals surface area contributed by atoms with Crippen molar-refractivity contribution in [2.75, 3.05) is 0 Å². The maximum absolute atomic E-state index is 12.6. The molecule has 0 saturated heterocycles. The third-order valence-corrected chi connectivity index (χ3v) is 1.48. The van der Waals surface area contributed by atoms with Gasteiger partial charge < -0.3 is 5.11 Å². The molecule has 0 aromatic heterocycles. The molecule has 0 bridgehead atoms. The molecule has 0 rings (SSSR count). The molecular weight excluding hydrogens is 143 g/mol. The molecule has 0 amide bonds. The van der Waals surface area contributed by atoms with Crippen LogP contribution in [-0.2, 0) is 0 Å². The Kier molecular flexibility index (Phi) is 4.59. The van der Waals surface area contributed by atoms with Crippen LogP contribution in [0.25, 0.3) is 0 Å². The summed E-state index contributed by atoms with van der Waals surface area (Å²) in [5, 5.41) is 9.24. The molecule has 0 spiro atoms. The highest BCUT2D eigenvalue weighted by Crippen LogP contribution is 2.17. The van der Waals surface area contributed by atoms with E-state index in [0.717, 1.165) is 6.42 Å². The first-order valence-corrected chi connectivity index (χ1v) is 3.88. The average molecular weight is 158 g/mol. The number of rotatable bonds is 3. The standard InChI is InChI=1S/C9H15FO/c1-4-6-9(11)8(5-2)7(3)10/h6,11H,4-5H2,1-3H3/b8-7+,9-6+. The second-order valence-corrected chi connectivity index (χ2v) is 2.36. The van der Waals surface area contributed by atoms with E-state index in [0.29, 0.717) is 12.0 Å². The third-order valence-electron chi connectivity index (χ3n) is 1.48. The van der Waals surface area contributed by atoms with E-state index in [4.69, 9.17) is 0 Å². The fourth-order valence-corrected chi connectivity index (χ4v) is 0.918. The summed E-state index contributed by atoms with van der Waals surface area (Å²) >= 11 is 0. The number of aliphatic hydroxyl groups excluding tert-OH is 1. The molecule has 0 aliphatic rings. The van der Waals surface area contributed by atoms with Crippen LogP contribution < -0.4 is 0 Å². The van der Waals surface area contributed by atoms with Crippen molar-refractivity contribution in [3.8, 4) is 0 Å². The summed E-state index contributed by atoms with van der Waals surface area (Å²) in [4.78, 5) is 0. The molecule has 0 aromatic rings. The van der Waals surface area contributed by atoms with E-state index < -0.39 is 0 Å². The van der Waals surface area contributed by atoms with E-state index in [-0.39, 0.29) is 11.6 Å². The normalized spacial score (nSPS) is 14.7. The summed E-state index contributed by atoms with van der Waals surface area (Å²) < 4.78 is 12.6. The lowest BCUT2D eigenvalue weighted by Gasteiger charge is -2.02. The molecule has 0 saturated carbocycles. The van der Waals surface area contributed by atoms with E-state index in [1.54, 1.807) is 6.08 Å². The van der Waals surface area contributed by atoms with Crippen molar-refractivity contribution in [2.45, 2.75) is 33.6 Å². The zero-order valence-corrected chi connectivity index (χ0v) is 7.32. The summed E-state index contributed by atoms with van der Waals surface area (Å²) in [6.07, 6.45) is 2.87. The largest absolute Gasteiger partial charge is 0.508 e. The molecule has 0 aliphatic carbocycles. The summed E-state index contributed by atoms with van der Waals surface area (Å²) in [7, 11) is 0. The minimum Gasteiger partial charge on any atom is -0.508 e. The van der Waals surface area contributed by atoms with Gasteiger partial charge in [0.05, 0.1) is 0 Å². The van der Waals surface area contributed by atoms with Crippen LogP contribution in [0.5, 0.6) is 0 Å². The molecule has 0 aromatic carbocycles.